The normalized spacial score (nSPS) is 12.6. The molecule has 0 aliphatic carbocycles. The molecule has 3 heteroatoms. The highest BCUT2D eigenvalue weighted by atomic mass is 15.3. The fourth-order valence-electron chi connectivity index (χ4n) is 2.47. The van der Waals surface area contributed by atoms with Gasteiger partial charge in [0.25, 0.3) is 0 Å². The lowest BCUT2D eigenvalue weighted by Crippen LogP contribution is -2.26. The van der Waals surface area contributed by atoms with Crippen molar-refractivity contribution >= 4 is 0 Å². The molecule has 0 aliphatic rings. The fraction of sp³-hybridized carbons (Fsp3) is 0.471. The van der Waals surface area contributed by atoms with Crippen molar-refractivity contribution in [3.63, 3.8) is 0 Å². The molecule has 1 aromatic carbocycles. The summed E-state index contributed by atoms with van der Waals surface area (Å²) in [6.07, 6.45) is 5.11. The standard InChI is InChI=1S/C17H25N3/c1-4-11-18-16(17-10-12-19-20(17)3)13-15-8-6-14(5-2)7-9-15/h6-10,12,16,18H,4-5,11,13H2,1-3H3. The molecule has 1 N–H and O–H groups in total. The van der Waals surface area contributed by atoms with Crippen LogP contribution in [0, 0.1) is 0 Å². The van der Waals surface area contributed by atoms with Crippen molar-refractivity contribution in [2.45, 2.75) is 39.2 Å². The molecule has 0 aliphatic heterocycles. The topological polar surface area (TPSA) is 29.9 Å². The number of benzene rings is 1. The van der Waals surface area contributed by atoms with Crippen molar-refractivity contribution < 1.29 is 0 Å². The summed E-state index contributed by atoms with van der Waals surface area (Å²) in [7, 11) is 2.01. The van der Waals surface area contributed by atoms with Crippen LogP contribution in [0.5, 0.6) is 0 Å². The van der Waals surface area contributed by atoms with Crippen LogP contribution in [-0.4, -0.2) is 16.3 Å². The van der Waals surface area contributed by atoms with Gasteiger partial charge in [-0.15, -0.1) is 0 Å². The van der Waals surface area contributed by atoms with E-state index in [0.29, 0.717) is 6.04 Å². The van der Waals surface area contributed by atoms with E-state index in [1.165, 1.54) is 16.8 Å². The third-order valence-electron chi connectivity index (χ3n) is 3.73. The van der Waals surface area contributed by atoms with Gasteiger partial charge < -0.3 is 5.32 Å². The van der Waals surface area contributed by atoms with Crippen molar-refractivity contribution in [1.82, 2.24) is 15.1 Å². The maximum absolute atomic E-state index is 4.29. The molecule has 0 radical (unpaired) electrons. The smallest absolute Gasteiger partial charge is 0.0553 e. The van der Waals surface area contributed by atoms with Crippen LogP contribution in [0.4, 0.5) is 0 Å². The van der Waals surface area contributed by atoms with Crippen LogP contribution in [0.15, 0.2) is 36.5 Å². The summed E-state index contributed by atoms with van der Waals surface area (Å²) in [6.45, 7) is 5.42. The number of nitrogens with one attached hydrogen (secondary N) is 1. The molecule has 0 bridgehead atoms. The maximum Gasteiger partial charge on any atom is 0.0553 e. The van der Waals surface area contributed by atoms with Crippen LogP contribution < -0.4 is 5.32 Å². The van der Waals surface area contributed by atoms with Gasteiger partial charge in [-0.3, -0.25) is 4.68 Å². The third kappa shape index (κ3) is 3.70. The third-order valence-corrected chi connectivity index (χ3v) is 3.73. The molecule has 1 unspecified atom stereocenters. The summed E-state index contributed by atoms with van der Waals surface area (Å²) in [4.78, 5) is 0. The number of hydrogen-bond acceptors (Lipinski definition) is 2. The molecule has 1 atom stereocenters. The summed E-state index contributed by atoms with van der Waals surface area (Å²) < 4.78 is 1.97. The Bertz CT molecular complexity index is 513. The Hall–Kier alpha value is -1.61. The molecule has 108 valence electrons. The SMILES string of the molecule is CCCNC(Cc1ccc(CC)cc1)c1ccnn1C. The first-order valence-corrected chi connectivity index (χ1v) is 7.53. The lowest BCUT2D eigenvalue weighted by Gasteiger charge is -2.19. The molecule has 0 saturated heterocycles. The Balaban J connectivity index is 2.12. The molecule has 20 heavy (non-hydrogen) atoms. The summed E-state index contributed by atoms with van der Waals surface area (Å²) >= 11 is 0. The van der Waals surface area contributed by atoms with Gasteiger partial charge in [0.2, 0.25) is 0 Å². The van der Waals surface area contributed by atoms with E-state index in [1.54, 1.807) is 0 Å². The minimum atomic E-state index is 0.329. The van der Waals surface area contributed by atoms with Gasteiger partial charge in [-0.1, -0.05) is 38.1 Å². The van der Waals surface area contributed by atoms with Crippen molar-refractivity contribution in [3.05, 3.63) is 53.3 Å². The molecule has 3 nitrogen and oxygen atoms in total. The van der Waals surface area contributed by atoms with Crippen LogP contribution in [0.25, 0.3) is 0 Å². The Morgan fingerprint density at radius 3 is 2.35 bits per heavy atom. The molecule has 1 aromatic heterocycles. The Morgan fingerprint density at radius 1 is 1.10 bits per heavy atom. The second kappa shape index (κ2) is 7.25. The van der Waals surface area contributed by atoms with Crippen molar-refractivity contribution in [2.24, 2.45) is 7.05 Å². The first-order chi connectivity index (χ1) is 9.74. The van der Waals surface area contributed by atoms with Gasteiger partial charge in [0, 0.05) is 13.2 Å². The molecule has 0 spiro atoms. The number of aryl methyl sites for hydroxylation is 2. The first kappa shape index (κ1) is 14.8. The van der Waals surface area contributed by atoms with Gasteiger partial charge in [-0.25, -0.2) is 0 Å². The van der Waals surface area contributed by atoms with E-state index in [9.17, 15) is 0 Å². The summed E-state index contributed by atoms with van der Waals surface area (Å²) in [5.74, 6) is 0. The molecule has 0 saturated carbocycles. The molecule has 0 amide bonds. The van der Waals surface area contributed by atoms with Crippen LogP contribution >= 0.6 is 0 Å². The average Bonchev–Trinajstić information content (AvgIpc) is 2.90. The summed E-state index contributed by atoms with van der Waals surface area (Å²) in [6, 6.07) is 11.4. The zero-order chi connectivity index (χ0) is 14.4. The van der Waals surface area contributed by atoms with Crippen LogP contribution in [0.3, 0.4) is 0 Å². The predicted octanol–water partition coefficient (Wildman–Crippen LogP) is 3.27. The van der Waals surface area contributed by atoms with Gasteiger partial charge in [-0.05, 0) is 43.0 Å². The second-order valence-corrected chi connectivity index (χ2v) is 5.26. The highest BCUT2D eigenvalue weighted by Crippen LogP contribution is 2.18. The van der Waals surface area contributed by atoms with E-state index < -0.39 is 0 Å². The summed E-state index contributed by atoms with van der Waals surface area (Å²) in [5, 5.41) is 7.92. The zero-order valence-corrected chi connectivity index (χ0v) is 12.8. The first-order valence-electron chi connectivity index (χ1n) is 7.53. The number of rotatable bonds is 7. The van der Waals surface area contributed by atoms with E-state index in [-0.39, 0.29) is 0 Å². The average molecular weight is 271 g/mol. The Kier molecular flexibility index (Phi) is 5.36. The predicted molar refractivity (Wildman–Crippen MR) is 83.8 cm³/mol. The van der Waals surface area contributed by atoms with E-state index in [2.05, 4.69) is 54.6 Å². The minimum Gasteiger partial charge on any atom is -0.308 e. The molecule has 0 fully saturated rings. The van der Waals surface area contributed by atoms with Gasteiger partial charge in [0.05, 0.1) is 11.7 Å². The maximum atomic E-state index is 4.29. The van der Waals surface area contributed by atoms with E-state index >= 15 is 0 Å². The van der Waals surface area contributed by atoms with Crippen LogP contribution in [-0.2, 0) is 19.9 Å². The molecule has 2 aromatic rings. The van der Waals surface area contributed by atoms with Gasteiger partial charge >= 0.3 is 0 Å². The monoisotopic (exact) mass is 271 g/mol. The largest absolute Gasteiger partial charge is 0.308 e. The Morgan fingerprint density at radius 2 is 1.80 bits per heavy atom. The number of hydrogen-bond donors (Lipinski definition) is 1. The molecular formula is C17H25N3. The fourth-order valence-corrected chi connectivity index (χ4v) is 2.47. The molecule has 1 heterocycles. The van der Waals surface area contributed by atoms with Gasteiger partial charge in [0.1, 0.15) is 0 Å². The number of nitrogens with zero attached hydrogens (tertiary/aromatic N) is 2. The number of aromatic nitrogens is 2. The lowest BCUT2D eigenvalue weighted by molar-refractivity contribution is 0.493. The lowest BCUT2D eigenvalue weighted by atomic mass is 10.0. The van der Waals surface area contributed by atoms with Crippen molar-refractivity contribution in [1.29, 1.82) is 0 Å². The molecular weight excluding hydrogens is 246 g/mol. The van der Waals surface area contributed by atoms with Crippen LogP contribution in [0.1, 0.15) is 43.1 Å². The summed E-state index contributed by atoms with van der Waals surface area (Å²) in [5.41, 5.74) is 4.02. The highest BCUT2D eigenvalue weighted by Gasteiger charge is 2.14. The molecule has 2 rings (SSSR count). The highest BCUT2D eigenvalue weighted by molar-refractivity contribution is 5.24. The quantitative estimate of drug-likeness (QED) is 0.837. The minimum absolute atomic E-state index is 0.329. The van der Waals surface area contributed by atoms with Crippen LogP contribution in [0.2, 0.25) is 0 Å². The van der Waals surface area contributed by atoms with E-state index in [4.69, 9.17) is 0 Å². The van der Waals surface area contributed by atoms with E-state index in [0.717, 1.165) is 25.8 Å². The van der Waals surface area contributed by atoms with Crippen molar-refractivity contribution in [3.8, 4) is 0 Å². The Labute approximate surface area is 122 Å². The van der Waals surface area contributed by atoms with E-state index in [1.807, 2.05) is 17.9 Å². The van der Waals surface area contributed by atoms with Crippen molar-refractivity contribution in [2.75, 3.05) is 6.54 Å². The van der Waals surface area contributed by atoms with Gasteiger partial charge in [0.15, 0.2) is 0 Å². The van der Waals surface area contributed by atoms with Gasteiger partial charge in [-0.2, -0.15) is 5.10 Å². The second-order valence-electron chi connectivity index (χ2n) is 5.26. The zero-order valence-electron chi connectivity index (χ0n) is 12.8.